The van der Waals surface area contributed by atoms with Crippen LogP contribution in [0.15, 0.2) is 24.8 Å². The number of esters is 2. The molecular weight excluding hydrogens is 260 g/mol. The van der Waals surface area contributed by atoms with Crippen molar-refractivity contribution in [3.8, 4) is 0 Å². The van der Waals surface area contributed by atoms with E-state index in [0.29, 0.717) is 25.7 Å². The van der Waals surface area contributed by atoms with Crippen LogP contribution >= 0.6 is 0 Å². The van der Waals surface area contributed by atoms with Gasteiger partial charge in [-0.15, -0.1) is 0 Å². The highest BCUT2D eigenvalue weighted by Crippen LogP contribution is 2.37. The van der Waals surface area contributed by atoms with E-state index >= 15 is 0 Å². The van der Waals surface area contributed by atoms with Crippen LogP contribution in [-0.4, -0.2) is 34.9 Å². The Balaban J connectivity index is 2.52. The first-order valence-electron chi connectivity index (χ1n) is 6.60. The quantitative estimate of drug-likeness (QED) is 0.473. The summed E-state index contributed by atoms with van der Waals surface area (Å²) >= 11 is 0. The number of carbonyl (C=O) groups is 2. The summed E-state index contributed by atoms with van der Waals surface area (Å²) in [6, 6.07) is 0. The maximum Gasteiger partial charge on any atom is 0.345 e. The fourth-order valence-corrected chi connectivity index (χ4v) is 2.06. The fraction of sp³-hybridized carbons (Fsp3) is 0.600. The van der Waals surface area contributed by atoms with Gasteiger partial charge in [0.2, 0.25) is 0 Å². The standard InChI is InChI=1S/C15H22O5/c1-5-15(8-6-14(4,18)7-9-15)20-12(16)10-19-13(17)11(2)3/h5,18H,1-2,6-10H2,3-4H3. The van der Waals surface area contributed by atoms with Gasteiger partial charge < -0.3 is 14.6 Å². The van der Waals surface area contributed by atoms with Gasteiger partial charge in [0.1, 0.15) is 5.60 Å². The number of rotatable bonds is 5. The van der Waals surface area contributed by atoms with Crippen molar-refractivity contribution in [1.29, 1.82) is 0 Å². The maximum absolute atomic E-state index is 11.7. The molecule has 0 unspecified atom stereocenters. The molecule has 1 fully saturated rings. The lowest BCUT2D eigenvalue weighted by molar-refractivity contribution is -0.170. The maximum atomic E-state index is 11.7. The first-order chi connectivity index (χ1) is 9.20. The Morgan fingerprint density at radius 1 is 1.30 bits per heavy atom. The molecule has 0 aromatic rings. The molecule has 1 aliphatic carbocycles. The van der Waals surface area contributed by atoms with Crippen LogP contribution in [0.3, 0.4) is 0 Å². The van der Waals surface area contributed by atoms with Crippen LogP contribution in [0.2, 0.25) is 0 Å². The molecule has 1 rings (SSSR count). The molecule has 5 heteroatoms. The first kappa shape index (κ1) is 16.4. The van der Waals surface area contributed by atoms with Crippen LogP contribution in [0.4, 0.5) is 0 Å². The highest BCUT2D eigenvalue weighted by Gasteiger charge is 2.40. The number of hydrogen-bond donors (Lipinski definition) is 1. The first-order valence-corrected chi connectivity index (χ1v) is 6.60. The second-order valence-electron chi connectivity index (χ2n) is 5.60. The lowest BCUT2D eigenvalue weighted by Gasteiger charge is -2.40. The van der Waals surface area contributed by atoms with Gasteiger partial charge in [-0.1, -0.05) is 13.2 Å². The summed E-state index contributed by atoms with van der Waals surface area (Å²) in [6.45, 7) is 9.94. The number of ether oxygens (including phenoxy) is 2. The molecule has 0 aromatic heterocycles. The Morgan fingerprint density at radius 2 is 1.85 bits per heavy atom. The molecule has 0 radical (unpaired) electrons. The zero-order valence-corrected chi connectivity index (χ0v) is 12.1. The van der Waals surface area contributed by atoms with Crippen LogP contribution in [-0.2, 0) is 19.1 Å². The number of hydrogen-bond acceptors (Lipinski definition) is 5. The summed E-state index contributed by atoms with van der Waals surface area (Å²) in [4.78, 5) is 22.9. The molecule has 0 atom stereocenters. The van der Waals surface area contributed by atoms with Crippen molar-refractivity contribution in [3.63, 3.8) is 0 Å². The Labute approximate surface area is 119 Å². The minimum atomic E-state index is -0.783. The lowest BCUT2D eigenvalue weighted by Crippen LogP contribution is -2.43. The van der Waals surface area contributed by atoms with Crippen molar-refractivity contribution in [3.05, 3.63) is 24.8 Å². The van der Waals surface area contributed by atoms with E-state index in [1.54, 1.807) is 13.0 Å². The van der Waals surface area contributed by atoms with Crippen molar-refractivity contribution >= 4 is 11.9 Å². The Morgan fingerprint density at radius 3 is 2.30 bits per heavy atom. The fourth-order valence-electron chi connectivity index (χ4n) is 2.06. The van der Waals surface area contributed by atoms with E-state index in [-0.39, 0.29) is 5.57 Å². The molecule has 20 heavy (non-hydrogen) atoms. The third-order valence-corrected chi connectivity index (χ3v) is 3.53. The van der Waals surface area contributed by atoms with E-state index in [2.05, 4.69) is 13.2 Å². The van der Waals surface area contributed by atoms with E-state index in [4.69, 9.17) is 9.47 Å². The van der Waals surface area contributed by atoms with Crippen LogP contribution in [0.25, 0.3) is 0 Å². The number of carbonyl (C=O) groups excluding carboxylic acids is 2. The summed E-state index contributed by atoms with van der Waals surface area (Å²) < 4.78 is 10.1. The van der Waals surface area contributed by atoms with Crippen molar-refractivity contribution in [2.45, 2.75) is 50.7 Å². The highest BCUT2D eigenvalue weighted by atomic mass is 16.6. The minimum Gasteiger partial charge on any atom is -0.452 e. The molecule has 0 spiro atoms. The smallest absolute Gasteiger partial charge is 0.345 e. The summed E-state index contributed by atoms with van der Waals surface area (Å²) in [5.74, 6) is -1.25. The molecule has 0 amide bonds. The average Bonchev–Trinajstić information content (AvgIpc) is 2.39. The Bertz CT molecular complexity index is 412. The molecule has 5 nitrogen and oxygen atoms in total. The molecule has 1 N–H and O–H groups in total. The zero-order chi connectivity index (χ0) is 15.4. The molecule has 0 aliphatic heterocycles. The van der Waals surface area contributed by atoms with Crippen LogP contribution < -0.4 is 0 Å². The Hall–Kier alpha value is -1.62. The van der Waals surface area contributed by atoms with Crippen molar-refractivity contribution in [2.24, 2.45) is 0 Å². The molecule has 0 heterocycles. The third kappa shape index (κ3) is 4.49. The van der Waals surface area contributed by atoms with E-state index in [1.165, 1.54) is 6.92 Å². The van der Waals surface area contributed by atoms with Crippen LogP contribution in [0.1, 0.15) is 39.5 Å². The summed E-state index contributed by atoms with van der Waals surface area (Å²) in [5, 5.41) is 9.92. The molecule has 1 aliphatic rings. The van der Waals surface area contributed by atoms with Gasteiger partial charge in [-0.3, -0.25) is 0 Å². The molecule has 0 saturated heterocycles. The van der Waals surface area contributed by atoms with Crippen molar-refractivity contribution in [2.75, 3.05) is 6.61 Å². The van der Waals surface area contributed by atoms with Gasteiger partial charge in [-0.2, -0.15) is 0 Å². The van der Waals surface area contributed by atoms with E-state index in [9.17, 15) is 14.7 Å². The van der Waals surface area contributed by atoms with Gasteiger partial charge in [-0.25, -0.2) is 9.59 Å². The predicted molar refractivity (Wildman–Crippen MR) is 73.9 cm³/mol. The van der Waals surface area contributed by atoms with E-state index < -0.39 is 29.7 Å². The average molecular weight is 282 g/mol. The van der Waals surface area contributed by atoms with E-state index in [1.807, 2.05) is 0 Å². The monoisotopic (exact) mass is 282 g/mol. The second kappa shape index (κ2) is 6.22. The topological polar surface area (TPSA) is 72.8 Å². The highest BCUT2D eigenvalue weighted by molar-refractivity contribution is 5.88. The SMILES string of the molecule is C=CC1(OC(=O)COC(=O)C(=C)C)CCC(C)(O)CC1. The van der Waals surface area contributed by atoms with Gasteiger partial charge in [0.05, 0.1) is 5.60 Å². The zero-order valence-electron chi connectivity index (χ0n) is 12.1. The molecular formula is C15H22O5. The van der Waals surface area contributed by atoms with Crippen LogP contribution in [0.5, 0.6) is 0 Å². The van der Waals surface area contributed by atoms with Crippen molar-refractivity contribution in [1.82, 2.24) is 0 Å². The second-order valence-corrected chi connectivity index (χ2v) is 5.60. The molecule has 0 bridgehead atoms. The third-order valence-electron chi connectivity index (χ3n) is 3.53. The summed E-state index contributed by atoms with van der Waals surface area (Å²) in [5.41, 5.74) is -1.29. The van der Waals surface area contributed by atoms with Crippen LogP contribution in [0, 0.1) is 0 Å². The molecule has 0 aromatic carbocycles. The number of aliphatic hydroxyl groups is 1. The van der Waals surface area contributed by atoms with E-state index in [0.717, 1.165) is 0 Å². The van der Waals surface area contributed by atoms with Crippen molar-refractivity contribution < 1.29 is 24.2 Å². The summed E-state index contributed by atoms with van der Waals surface area (Å²) in [6.07, 6.45) is 3.64. The van der Waals surface area contributed by atoms with Gasteiger partial charge >= 0.3 is 11.9 Å². The Kier molecular flexibility index (Phi) is 5.11. The summed E-state index contributed by atoms with van der Waals surface area (Å²) in [7, 11) is 0. The minimum absolute atomic E-state index is 0.227. The van der Waals surface area contributed by atoms with Gasteiger partial charge in [0.25, 0.3) is 0 Å². The molecule has 112 valence electrons. The normalized spacial score (nSPS) is 29.4. The van der Waals surface area contributed by atoms with Gasteiger partial charge in [0, 0.05) is 5.57 Å². The largest absolute Gasteiger partial charge is 0.452 e. The predicted octanol–water partition coefficient (Wildman–Crippen LogP) is 1.90. The van der Waals surface area contributed by atoms with Gasteiger partial charge in [-0.05, 0) is 45.6 Å². The van der Waals surface area contributed by atoms with Gasteiger partial charge in [0.15, 0.2) is 6.61 Å². The lowest BCUT2D eigenvalue weighted by atomic mass is 9.77. The molecule has 1 saturated carbocycles.